The van der Waals surface area contributed by atoms with Gasteiger partial charge in [-0.2, -0.15) is 4.98 Å². The van der Waals surface area contributed by atoms with Crippen molar-refractivity contribution in [2.45, 2.75) is 0 Å². The van der Waals surface area contributed by atoms with Gasteiger partial charge in [0.25, 0.3) is 0 Å². The Hall–Kier alpha value is -2.49. The molecule has 0 radical (unpaired) electrons. The molecule has 5 N–H and O–H groups in total. The maximum absolute atomic E-state index is 10.7. The van der Waals surface area contributed by atoms with E-state index in [1.807, 2.05) is 0 Å². The van der Waals surface area contributed by atoms with Gasteiger partial charge in [-0.1, -0.05) is 0 Å². The van der Waals surface area contributed by atoms with E-state index < -0.39 is 10.8 Å². The molecule has 0 bridgehead atoms. The number of nitrogen functional groups attached to an aromatic ring is 1. The smallest absolute Gasteiger partial charge is 0.329 e. The summed E-state index contributed by atoms with van der Waals surface area (Å²) in [5.41, 5.74) is 6.81. The summed E-state index contributed by atoms with van der Waals surface area (Å²) < 4.78 is 0. The Morgan fingerprint density at radius 3 is 2.82 bits per heavy atom. The Morgan fingerprint density at radius 2 is 2.35 bits per heavy atom. The molecule has 10 nitrogen and oxygen atoms in total. The van der Waals surface area contributed by atoms with Gasteiger partial charge in [0.1, 0.15) is 6.20 Å². The van der Waals surface area contributed by atoms with Gasteiger partial charge in [0.2, 0.25) is 17.7 Å². The summed E-state index contributed by atoms with van der Waals surface area (Å²) in [7, 11) is 1.44. The monoisotopic (exact) mass is 241 g/mol. The lowest BCUT2D eigenvalue weighted by atomic mass is 10.4. The van der Waals surface area contributed by atoms with Crippen LogP contribution in [0.1, 0.15) is 0 Å². The van der Waals surface area contributed by atoms with Crippen LogP contribution in [0.25, 0.3) is 0 Å². The third-order valence-corrected chi connectivity index (χ3v) is 1.83. The number of hydrogen-bond donors (Lipinski definition) is 3. The Balaban J connectivity index is 3.16. The number of likely N-dealkylation sites (N-methyl/N-ethyl adjacent to an activating group) is 1. The van der Waals surface area contributed by atoms with Crippen molar-refractivity contribution in [1.29, 1.82) is 0 Å². The molecule has 0 aliphatic rings. The molecule has 0 aliphatic carbocycles. The summed E-state index contributed by atoms with van der Waals surface area (Å²) in [5.74, 6) is 4.41. The molecule has 0 saturated heterocycles. The van der Waals surface area contributed by atoms with Gasteiger partial charge in [-0.15, -0.1) is 0 Å². The molecule has 0 aliphatic heterocycles. The van der Waals surface area contributed by atoms with Crippen molar-refractivity contribution in [1.82, 2.24) is 9.97 Å². The van der Waals surface area contributed by atoms with Crippen molar-refractivity contribution < 1.29 is 9.72 Å². The lowest BCUT2D eigenvalue weighted by molar-refractivity contribution is -0.384. The molecule has 1 aromatic heterocycles. The first-order chi connectivity index (χ1) is 7.95. The van der Waals surface area contributed by atoms with Crippen LogP contribution in [0.3, 0.4) is 0 Å². The van der Waals surface area contributed by atoms with Gasteiger partial charge in [0.15, 0.2) is 0 Å². The molecule has 0 unspecified atom stereocenters. The molecule has 1 rings (SSSR count). The fourth-order valence-electron chi connectivity index (χ4n) is 1.15. The predicted octanol–water partition coefficient (Wildman–Crippen LogP) is -1.41. The topological polar surface area (TPSA) is 153 Å². The number of amides is 1. The number of anilines is 2. The van der Waals surface area contributed by atoms with Crippen LogP contribution in [0, 0.1) is 10.1 Å². The third-order valence-electron chi connectivity index (χ3n) is 1.83. The first kappa shape index (κ1) is 12.6. The maximum Gasteiger partial charge on any atom is 0.329 e. The van der Waals surface area contributed by atoms with Crippen molar-refractivity contribution in [3.05, 3.63) is 16.3 Å². The maximum atomic E-state index is 10.7. The zero-order valence-electron chi connectivity index (χ0n) is 8.95. The summed E-state index contributed by atoms with van der Waals surface area (Å²) in [4.78, 5) is 29.5. The van der Waals surface area contributed by atoms with E-state index in [0.29, 0.717) is 0 Å². The minimum absolute atomic E-state index is 0.00178. The van der Waals surface area contributed by atoms with Crippen LogP contribution in [0.15, 0.2) is 6.20 Å². The Labute approximate surface area is 95.7 Å². The van der Waals surface area contributed by atoms with Crippen LogP contribution in [0.4, 0.5) is 17.5 Å². The Morgan fingerprint density at radius 1 is 1.71 bits per heavy atom. The fourth-order valence-corrected chi connectivity index (χ4v) is 1.15. The molecule has 0 spiro atoms. The van der Waals surface area contributed by atoms with Crippen LogP contribution in [0.2, 0.25) is 0 Å². The zero-order chi connectivity index (χ0) is 13.0. The van der Waals surface area contributed by atoms with E-state index in [1.54, 1.807) is 0 Å². The molecule has 0 saturated carbocycles. The summed E-state index contributed by atoms with van der Waals surface area (Å²) >= 11 is 0. The van der Waals surface area contributed by atoms with Crippen LogP contribution >= 0.6 is 0 Å². The highest BCUT2D eigenvalue weighted by Crippen LogP contribution is 2.24. The molecule has 10 heteroatoms. The average Bonchev–Trinajstić information content (AvgIpc) is 2.27. The van der Waals surface area contributed by atoms with Crippen molar-refractivity contribution in [2.75, 3.05) is 23.9 Å². The van der Waals surface area contributed by atoms with E-state index in [0.717, 1.165) is 6.20 Å². The van der Waals surface area contributed by atoms with Gasteiger partial charge in [-0.3, -0.25) is 20.3 Å². The quantitative estimate of drug-likeness (QED) is 0.323. The van der Waals surface area contributed by atoms with Gasteiger partial charge in [0.05, 0.1) is 11.5 Å². The summed E-state index contributed by atoms with van der Waals surface area (Å²) in [6, 6.07) is 0. The highest BCUT2D eigenvalue weighted by Gasteiger charge is 2.21. The lowest BCUT2D eigenvalue weighted by Crippen LogP contribution is -2.31. The number of rotatable bonds is 5. The van der Waals surface area contributed by atoms with Gasteiger partial charge < -0.3 is 10.6 Å². The molecular weight excluding hydrogens is 230 g/mol. The average molecular weight is 241 g/mol. The van der Waals surface area contributed by atoms with E-state index in [2.05, 4.69) is 15.4 Å². The van der Waals surface area contributed by atoms with E-state index in [-0.39, 0.29) is 24.0 Å². The SMILES string of the molecule is CN(CC(N)=O)c1nc(NN)ncc1[N+](=O)[O-]. The number of primary amides is 1. The molecule has 0 fully saturated rings. The Bertz CT molecular complexity index is 449. The Kier molecular flexibility index (Phi) is 3.72. The number of carbonyl (C=O) groups excluding carboxylic acids is 1. The number of nitrogens with zero attached hydrogens (tertiary/aromatic N) is 4. The molecule has 0 atom stereocenters. The summed E-state index contributed by atoms with van der Waals surface area (Å²) in [5, 5.41) is 10.7. The van der Waals surface area contributed by atoms with Crippen LogP contribution in [0.5, 0.6) is 0 Å². The van der Waals surface area contributed by atoms with Gasteiger partial charge in [-0.25, -0.2) is 10.8 Å². The zero-order valence-corrected chi connectivity index (χ0v) is 8.95. The molecule has 17 heavy (non-hydrogen) atoms. The fraction of sp³-hybridized carbons (Fsp3) is 0.286. The molecule has 0 aromatic carbocycles. The second-order valence-electron chi connectivity index (χ2n) is 3.13. The van der Waals surface area contributed by atoms with Crippen LogP contribution in [-0.4, -0.2) is 34.4 Å². The van der Waals surface area contributed by atoms with Crippen LogP contribution < -0.4 is 21.9 Å². The van der Waals surface area contributed by atoms with E-state index >= 15 is 0 Å². The van der Waals surface area contributed by atoms with Gasteiger partial charge >= 0.3 is 5.69 Å². The molecule has 1 aromatic rings. The van der Waals surface area contributed by atoms with Crippen molar-refractivity contribution >= 4 is 23.4 Å². The highest BCUT2D eigenvalue weighted by molar-refractivity contribution is 5.80. The number of aromatic nitrogens is 2. The predicted molar refractivity (Wildman–Crippen MR) is 59.0 cm³/mol. The minimum atomic E-state index is -0.660. The standard InChI is InChI=1S/C7H11N7O3/c1-13(3-5(8)15)6-4(14(16)17)2-10-7(11-6)12-9/h2H,3,9H2,1H3,(H2,8,15)(H,10,11,12). The molecule has 1 heterocycles. The van der Waals surface area contributed by atoms with Crippen molar-refractivity contribution in [3.63, 3.8) is 0 Å². The van der Waals surface area contributed by atoms with E-state index in [4.69, 9.17) is 11.6 Å². The first-order valence-corrected chi connectivity index (χ1v) is 4.43. The van der Waals surface area contributed by atoms with Gasteiger partial charge in [0, 0.05) is 7.05 Å². The molecule has 92 valence electrons. The number of hydrogen-bond acceptors (Lipinski definition) is 8. The molecular formula is C7H11N7O3. The van der Waals surface area contributed by atoms with Crippen molar-refractivity contribution in [3.8, 4) is 0 Å². The van der Waals surface area contributed by atoms with E-state index in [1.165, 1.54) is 11.9 Å². The lowest BCUT2D eigenvalue weighted by Gasteiger charge is -2.15. The highest BCUT2D eigenvalue weighted by atomic mass is 16.6. The second kappa shape index (κ2) is 5.03. The van der Waals surface area contributed by atoms with Gasteiger partial charge in [-0.05, 0) is 0 Å². The normalized spacial score (nSPS) is 9.76. The summed E-state index contributed by atoms with van der Waals surface area (Å²) in [6.07, 6.45) is 0.995. The van der Waals surface area contributed by atoms with E-state index in [9.17, 15) is 14.9 Å². The molecule has 1 amide bonds. The number of hydrazine groups is 1. The van der Waals surface area contributed by atoms with Crippen LogP contribution in [-0.2, 0) is 4.79 Å². The first-order valence-electron chi connectivity index (χ1n) is 4.43. The number of carbonyl (C=O) groups is 1. The minimum Gasteiger partial charge on any atom is -0.368 e. The number of nitro groups is 1. The second-order valence-corrected chi connectivity index (χ2v) is 3.13. The third kappa shape index (κ3) is 2.98. The number of nitrogens with two attached hydrogens (primary N) is 2. The van der Waals surface area contributed by atoms with Crippen molar-refractivity contribution in [2.24, 2.45) is 11.6 Å². The number of nitrogens with one attached hydrogen (secondary N) is 1. The largest absolute Gasteiger partial charge is 0.368 e. The summed E-state index contributed by atoms with van der Waals surface area (Å²) in [6.45, 7) is -0.206.